The zero-order chi connectivity index (χ0) is 11.5. The summed E-state index contributed by atoms with van der Waals surface area (Å²) in [6.45, 7) is 5.16. The Kier molecular flexibility index (Phi) is 3.66. The van der Waals surface area contributed by atoms with Crippen molar-refractivity contribution in [2.75, 3.05) is 5.32 Å². The van der Waals surface area contributed by atoms with Crippen molar-refractivity contribution in [3.05, 3.63) is 50.1 Å². The second-order valence-corrected chi connectivity index (χ2v) is 5.70. The smallest absolute Gasteiger partial charge is 0.0496 e. The van der Waals surface area contributed by atoms with E-state index in [1.165, 1.54) is 21.7 Å². The zero-order valence-corrected chi connectivity index (χ0v) is 11.8. The molecule has 0 bridgehead atoms. The van der Waals surface area contributed by atoms with Gasteiger partial charge in [0.1, 0.15) is 0 Å². The van der Waals surface area contributed by atoms with E-state index >= 15 is 0 Å². The van der Waals surface area contributed by atoms with Crippen molar-refractivity contribution in [3.63, 3.8) is 0 Å². The highest BCUT2D eigenvalue weighted by Crippen LogP contribution is 2.22. The first kappa shape index (κ1) is 11.7. The van der Waals surface area contributed by atoms with Crippen LogP contribution in [0.5, 0.6) is 0 Å². The zero-order valence-electron chi connectivity index (χ0n) is 9.38. The first-order valence-electron chi connectivity index (χ1n) is 5.20. The van der Waals surface area contributed by atoms with Crippen LogP contribution in [0, 0.1) is 13.8 Å². The first-order valence-corrected chi connectivity index (χ1v) is 6.87. The number of nitrogens with one attached hydrogen (secondary N) is 1. The Morgan fingerprint density at radius 1 is 1.19 bits per heavy atom. The summed E-state index contributed by atoms with van der Waals surface area (Å²) in [7, 11) is 0. The lowest BCUT2D eigenvalue weighted by Gasteiger charge is -2.07. The fourth-order valence-corrected chi connectivity index (χ4v) is 2.61. The molecule has 1 aromatic carbocycles. The van der Waals surface area contributed by atoms with Gasteiger partial charge in [0.15, 0.2) is 0 Å². The summed E-state index contributed by atoms with van der Waals surface area (Å²) in [5.41, 5.74) is 3.80. The van der Waals surface area contributed by atoms with E-state index in [1.54, 1.807) is 11.3 Å². The molecule has 3 heteroatoms. The van der Waals surface area contributed by atoms with Crippen LogP contribution >= 0.6 is 27.3 Å². The quantitative estimate of drug-likeness (QED) is 0.862. The second-order valence-electron chi connectivity index (χ2n) is 3.84. The molecule has 1 aromatic heterocycles. The highest BCUT2D eigenvalue weighted by Gasteiger charge is 2.00. The molecule has 0 spiro atoms. The molecule has 1 nitrogen and oxygen atoms in total. The van der Waals surface area contributed by atoms with Crippen LogP contribution in [0.15, 0.2) is 34.1 Å². The average molecular weight is 296 g/mol. The predicted molar refractivity (Wildman–Crippen MR) is 75.3 cm³/mol. The minimum Gasteiger partial charge on any atom is -0.380 e. The van der Waals surface area contributed by atoms with Gasteiger partial charge in [0.25, 0.3) is 0 Å². The Morgan fingerprint density at radius 2 is 2.00 bits per heavy atom. The summed E-state index contributed by atoms with van der Waals surface area (Å²) in [6.07, 6.45) is 0. The summed E-state index contributed by atoms with van der Waals surface area (Å²) in [5, 5.41) is 5.58. The summed E-state index contributed by atoms with van der Waals surface area (Å²) in [4.78, 5) is 1.40. The first-order chi connectivity index (χ1) is 7.66. The van der Waals surface area contributed by atoms with Crippen molar-refractivity contribution in [3.8, 4) is 0 Å². The van der Waals surface area contributed by atoms with Gasteiger partial charge in [0.2, 0.25) is 0 Å². The van der Waals surface area contributed by atoms with Crippen LogP contribution in [0.1, 0.15) is 16.0 Å². The van der Waals surface area contributed by atoms with Crippen LogP contribution in [0.3, 0.4) is 0 Å². The van der Waals surface area contributed by atoms with Gasteiger partial charge in [0.05, 0.1) is 0 Å². The number of halogens is 1. The molecule has 2 rings (SSSR count). The molecule has 0 saturated heterocycles. The number of aryl methyl sites for hydroxylation is 2. The maximum absolute atomic E-state index is 3.51. The molecular weight excluding hydrogens is 282 g/mol. The lowest BCUT2D eigenvalue weighted by molar-refractivity contribution is 1.16. The van der Waals surface area contributed by atoms with Crippen LogP contribution in [0.2, 0.25) is 0 Å². The minimum absolute atomic E-state index is 0.907. The van der Waals surface area contributed by atoms with E-state index in [0.29, 0.717) is 0 Å². The number of thiophene rings is 1. The van der Waals surface area contributed by atoms with Gasteiger partial charge < -0.3 is 5.32 Å². The lowest BCUT2D eigenvalue weighted by Crippen LogP contribution is -1.98. The average Bonchev–Trinajstić information content (AvgIpc) is 2.66. The normalized spacial score (nSPS) is 10.4. The highest BCUT2D eigenvalue weighted by atomic mass is 79.9. The monoisotopic (exact) mass is 295 g/mol. The largest absolute Gasteiger partial charge is 0.380 e. The van der Waals surface area contributed by atoms with Gasteiger partial charge in [-0.05, 0) is 54.6 Å². The van der Waals surface area contributed by atoms with Crippen molar-refractivity contribution in [1.82, 2.24) is 0 Å². The van der Waals surface area contributed by atoms with Gasteiger partial charge in [-0.2, -0.15) is 0 Å². The summed E-state index contributed by atoms with van der Waals surface area (Å²) < 4.78 is 1.16. The minimum atomic E-state index is 0.907. The number of hydrogen-bond acceptors (Lipinski definition) is 2. The number of anilines is 1. The molecule has 2 aromatic rings. The van der Waals surface area contributed by atoms with E-state index in [-0.39, 0.29) is 0 Å². The van der Waals surface area contributed by atoms with E-state index in [0.717, 1.165) is 11.0 Å². The standard InChI is InChI=1S/C13H14BrNS/c1-9-5-6-16-13(9)8-15-11-3-4-12(14)10(2)7-11/h3-7,15H,8H2,1-2H3. The van der Waals surface area contributed by atoms with Gasteiger partial charge in [-0.15, -0.1) is 11.3 Å². The van der Waals surface area contributed by atoms with E-state index in [9.17, 15) is 0 Å². The third kappa shape index (κ3) is 2.66. The highest BCUT2D eigenvalue weighted by molar-refractivity contribution is 9.10. The van der Waals surface area contributed by atoms with E-state index in [4.69, 9.17) is 0 Å². The Balaban J connectivity index is 2.05. The van der Waals surface area contributed by atoms with Crippen molar-refractivity contribution < 1.29 is 0 Å². The molecule has 0 fully saturated rings. The van der Waals surface area contributed by atoms with Crippen molar-refractivity contribution in [2.45, 2.75) is 20.4 Å². The molecule has 16 heavy (non-hydrogen) atoms. The topological polar surface area (TPSA) is 12.0 Å². The van der Waals surface area contributed by atoms with Gasteiger partial charge in [-0.25, -0.2) is 0 Å². The SMILES string of the molecule is Cc1cc(NCc2sccc2C)ccc1Br. The predicted octanol–water partition coefficient (Wildman–Crippen LogP) is 4.74. The van der Waals surface area contributed by atoms with Crippen LogP contribution in [-0.4, -0.2) is 0 Å². The van der Waals surface area contributed by atoms with Crippen LogP contribution in [-0.2, 0) is 6.54 Å². The maximum Gasteiger partial charge on any atom is 0.0496 e. The van der Waals surface area contributed by atoms with Gasteiger partial charge in [0, 0.05) is 21.6 Å². The van der Waals surface area contributed by atoms with Crippen LogP contribution < -0.4 is 5.32 Å². The third-order valence-electron chi connectivity index (χ3n) is 2.58. The summed E-state index contributed by atoms with van der Waals surface area (Å²) >= 11 is 5.31. The van der Waals surface area contributed by atoms with Gasteiger partial charge in [-0.3, -0.25) is 0 Å². The van der Waals surface area contributed by atoms with Crippen LogP contribution in [0.25, 0.3) is 0 Å². The molecule has 84 valence electrons. The Bertz CT molecular complexity index is 490. The van der Waals surface area contributed by atoms with Gasteiger partial charge >= 0.3 is 0 Å². The van der Waals surface area contributed by atoms with Gasteiger partial charge in [-0.1, -0.05) is 15.9 Å². The number of rotatable bonds is 3. The Hall–Kier alpha value is -0.800. The Labute approximate surface area is 109 Å². The molecule has 0 saturated carbocycles. The Morgan fingerprint density at radius 3 is 2.62 bits per heavy atom. The van der Waals surface area contributed by atoms with E-state index < -0.39 is 0 Å². The molecule has 0 amide bonds. The molecule has 0 unspecified atom stereocenters. The second kappa shape index (κ2) is 5.02. The molecule has 0 radical (unpaired) electrons. The fraction of sp³-hybridized carbons (Fsp3) is 0.231. The molecule has 0 atom stereocenters. The van der Waals surface area contributed by atoms with Crippen LogP contribution in [0.4, 0.5) is 5.69 Å². The van der Waals surface area contributed by atoms with Crippen molar-refractivity contribution in [1.29, 1.82) is 0 Å². The lowest BCUT2D eigenvalue weighted by atomic mass is 10.2. The number of benzene rings is 1. The maximum atomic E-state index is 3.51. The van der Waals surface area contributed by atoms with E-state index in [2.05, 4.69) is 64.7 Å². The van der Waals surface area contributed by atoms with E-state index in [1.807, 2.05) is 0 Å². The number of hydrogen-bond donors (Lipinski definition) is 1. The summed E-state index contributed by atoms with van der Waals surface area (Å²) in [5.74, 6) is 0. The molecular formula is C13H14BrNS. The van der Waals surface area contributed by atoms with Crippen molar-refractivity contribution >= 4 is 33.0 Å². The molecule has 1 heterocycles. The summed E-state index contributed by atoms with van der Waals surface area (Å²) in [6, 6.07) is 8.50. The molecule has 0 aliphatic rings. The third-order valence-corrected chi connectivity index (χ3v) is 4.49. The fourth-order valence-electron chi connectivity index (χ4n) is 1.52. The molecule has 1 N–H and O–H groups in total. The molecule has 0 aliphatic heterocycles. The molecule has 0 aliphatic carbocycles. The van der Waals surface area contributed by atoms with Crippen molar-refractivity contribution in [2.24, 2.45) is 0 Å².